The van der Waals surface area contributed by atoms with Crippen molar-refractivity contribution in [2.75, 3.05) is 32.8 Å². The second-order valence-electron chi connectivity index (χ2n) is 5.79. The van der Waals surface area contributed by atoms with E-state index in [9.17, 15) is 4.79 Å². The number of halogens is 2. The highest BCUT2D eigenvalue weighted by molar-refractivity contribution is 5.85. The van der Waals surface area contributed by atoms with Crippen LogP contribution in [0.3, 0.4) is 0 Å². The summed E-state index contributed by atoms with van der Waals surface area (Å²) in [6.07, 6.45) is 0. The molecule has 2 unspecified atom stereocenters. The second kappa shape index (κ2) is 9.79. The van der Waals surface area contributed by atoms with Gasteiger partial charge in [0.05, 0.1) is 13.2 Å². The molecule has 0 aromatic carbocycles. The van der Waals surface area contributed by atoms with Gasteiger partial charge < -0.3 is 15.8 Å². The van der Waals surface area contributed by atoms with Crippen LogP contribution in [0.25, 0.3) is 0 Å². The smallest absolute Gasteiger partial charge is 0.224 e. The minimum Gasteiger partial charge on any atom is -0.378 e. The van der Waals surface area contributed by atoms with Crippen LogP contribution in [0.1, 0.15) is 27.7 Å². The molecule has 7 heteroatoms. The Bertz CT molecular complexity index is 289. The van der Waals surface area contributed by atoms with Gasteiger partial charge in [-0.2, -0.15) is 0 Å². The Kier molecular flexibility index (Phi) is 10.9. The van der Waals surface area contributed by atoms with E-state index in [1.165, 1.54) is 0 Å². The molecule has 1 amide bonds. The summed E-state index contributed by atoms with van der Waals surface area (Å²) in [6.45, 7) is 12.0. The first kappa shape index (κ1) is 22.2. The molecule has 0 aromatic heterocycles. The maximum atomic E-state index is 11.8. The van der Waals surface area contributed by atoms with Crippen molar-refractivity contribution < 1.29 is 9.53 Å². The number of ether oxygens (including phenoxy) is 1. The average Bonchev–Trinajstić information content (AvgIpc) is 2.29. The summed E-state index contributed by atoms with van der Waals surface area (Å²) in [7, 11) is 0. The first-order chi connectivity index (χ1) is 8.34. The lowest BCUT2D eigenvalue weighted by molar-refractivity contribution is -0.125. The molecule has 1 heterocycles. The summed E-state index contributed by atoms with van der Waals surface area (Å²) in [5, 5.41) is 2.95. The number of hydrogen-bond acceptors (Lipinski definition) is 4. The number of carbonyl (C=O) groups is 1. The largest absolute Gasteiger partial charge is 0.378 e. The van der Waals surface area contributed by atoms with Gasteiger partial charge in [0.1, 0.15) is 0 Å². The van der Waals surface area contributed by atoms with Crippen LogP contribution in [0.4, 0.5) is 0 Å². The average molecular weight is 330 g/mol. The standard InChI is InChI=1S/C13H27N3O2.2ClH/c1-10(11(2)14)12(17)15-5-6-16-7-8-18-9-13(16,3)4;;/h10-11H,5-9,14H2,1-4H3,(H,15,17);2*1H. The third-order valence-electron chi connectivity index (χ3n) is 3.70. The van der Waals surface area contributed by atoms with Crippen LogP contribution in [0.5, 0.6) is 0 Å². The van der Waals surface area contributed by atoms with Gasteiger partial charge in [-0.15, -0.1) is 24.8 Å². The minimum atomic E-state index is -0.136. The van der Waals surface area contributed by atoms with Crippen molar-refractivity contribution in [3.05, 3.63) is 0 Å². The number of rotatable bonds is 5. The molecule has 1 aliphatic rings. The molecule has 20 heavy (non-hydrogen) atoms. The number of hydrogen-bond donors (Lipinski definition) is 2. The Morgan fingerprint density at radius 2 is 2.00 bits per heavy atom. The van der Waals surface area contributed by atoms with E-state index >= 15 is 0 Å². The maximum absolute atomic E-state index is 11.8. The number of carbonyl (C=O) groups excluding carboxylic acids is 1. The maximum Gasteiger partial charge on any atom is 0.224 e. The molecule has 5 nitrogen and oxygen atoms in total. The lowest BCUT2D eigenvalue weighted by Crippen LogP contribution is -2.55. The van der Waals surface area contributed by atoms with E-state index < -0.39 is 0 Å². The SMILES string of the molecule is CC(N)C(C)C(=O)NCCN1CCOCC1(C)C.Cl.Cl. The zero-order chi connectivity index (χ0) is 13.8. The molecule has 1 aliphatic heterocycles. The summed E-state index contributed by atoms with van der Waals surface area (Å²) in [6, 6.07) is -0.107. The predicted molar refractivity (Wildman–Crippen MR) is 86.8 cm³/mol. The quantitative estimate of drug-likeness (QED) is 0.790. The summed E-state index contributed by atoms with van der Waals surface area (Å²) in [5.41, 5.74) is 5.76. The highest BCUT2D eigenvalue weighted by atomic mass is 35.5. The molecule has 1 saturated heterocycles. The van der Waals surface area contributed by atoms with Crippen molar-refractivity contribution in [2.45, 2.75) is 39.3 Å². The van der Waals surface area contributed by atoms with Gasteiger partial charge in [-0.3, -0.25) is 9.69 Å². The zero-order valence-corrected chi connectivity index (χ0v) is 14.5. The van der Waals surface area contributed by atoms with Gasteiger partial charge in [0.25, 0.3) is 0 Å². The van der Waals surface area contributed by atoms with E-state index in [1.807, 2.05) is 13.8 Å². The Morgan fingerprint density at radius 1 is 1.40 bits per heavy atom. The molecule has 0 saturated carbocycles. The van der Waals surface area contributed by atoms with Gasteiger partial charge in [0.15, 0.2) is 0 Å². The van der Waals surface area contributed by atoms with Crippen molar-refractivity contribution in [3.8, 4) is 0 Å². The lowest BCUT2D eigenvalue weighted by atomic mass is 10.0. The third kappa shape index (κ3) is 6.59. The van der Waals surface area contributed by atoms with E-state index in [1.54, 1.807) is 0 Å². The molecule has 1 fully saturated rings. The fraction of sp³-hybridized carbons (Fsp3) is 0.923. The monoisotopic (exact) mass is 329 g/mol. The molecule has 0 radical (unpaired) electrons. The van der Waals surface area contributed by atoms with E-state index in [2.05, 4.69) is 24.1 Å². The van der Waals surface area contributed by atoms with Gasteiger partial charge in [0, 0.05) is 37.1 Å². The highest BCUT2D eigenvalue weighted by Gasteiger charge is 2.30. The lowest BCUT2D eigenvalue weighted by Gasteiger charge is -2.42. The van der Waals surface area contributed by atoms with Crippen LogP contribution < -0.4 is 11.1 Å². The number of nitrogens with one attached hydrogen (secondary N) is 1. The number of morpholine rings is 1. The molecule has 0 aromatic rings. The highest BCUT2D eigenvalue weighted by Crippen LogP contribution is 2.17. The van der Waals surface area contributed by atoms with Crippen molar-refractivity contribution in [2.24, 2.45) is 11.7 Å². The molecular weight excluding hydrogens is 301 g/mol. The van der Waals surface area contributed by atoms with E-state index in [0.29, 0.717) is 6.54 Å². The number of nitrogens with two attached hydrogens (primary N) is 1. The van der Waals surface area contributed by atoms with Gasteiger partial charge in [-0.1, -0.05) is 6.92 Å². The fourth-order valence-electron chi connectivity index (χ4n) is 2.02. The van der Waals surface area contributed by atoms with Crippen LogP contribution >= 0.6 is 24.8 Å². The van der Waals surface area contributed by atoms with Crippen LogP contribution in [-0.4, -0.2) is 55.2 Å². The van der Waals surface area contributed by atoms with Crippen molar-refractivity contribution >= 4 is 30.7 Å². The molecule has 0 spiro atoms. The van der Waals surface area contributed by atoms with Crippen molar-refractivity contribution in [1.82, 2.24) is 10.2 Å². The third-order valence-corrected chi connectivity index (χ3v) is 3.70. The number of nitrogens with zero attached hydrogens (tertiary/aromatic N) is 1. The molecular formula is C13H29Cl2N3O2. The van der Waals surface area contributed by atoms with E-state index in [0.717, 1.165) is 26.3 Å². The Morgan fingerprint density at radius 3 is 2.50 bits per heavy atom. The summed E-state index contributed by atoms with van der Waals surface area (Å²) in [5.74, 6) is -0.0984. The van der Waals surface area contributed by atoms with Gasteiger partial charge >= 0.3 is 0 Å². The predicted octanol–water partition coefficient (Wildman–Crippen LogP) is 1.04. The van der Waals surface area contributed by atoms with E-state index in [-0.39, 0.29) is 48.2 Å². The summed E-state index contributed by atoms with van der Waals surface area (Å²) in [4.78, 5) is 14.1. The number of amides is 1. The minimum absolute atomic E-state index is 0. The van der Waals surface area contributed by atoms with Crippen LogP contribution in [0, 0.1) is 5.92 Å². The Labute approximate surface area is 134 Å². The second-order valence-corrected chi connectivity index (χ2v) is 5.79. The first-order valence-electron chi connectivity index (χ1n) is 6.70. The van der Waals surface area contributed by atoms with Crippen molar-refractivity contribution in [3.63, 3.8) is 0 Å². The molecule has 1 rings (SSSR count). The summed E-state index contributed by atoms with van der Waals surface area (Å²) >= 11 is 0. The fourth-order valence-corrected chi connectivity index (χ4v) is 2.02. The molecule has 3 N–H and O–H groups in total. The van der Waals surface area contributed by atoms with Gasteiger partial charge in [-0.25, -0.2) is 0 Å². The van der Waals surface area contributed by atoms with E-state index in [4.69, 9.17) is 10.5 Å². The van der Waals surface area contributed by atoms with Gasteiger partial charge in [0.2, 0.25) is 5.91 Å². The topological polar surface area (TPSA) is 67.6 Å². The summed E-state index contributed by atoms with van der Waals surface area (Å²) < 4.78 is 5.47. The first-order valence-corrected chi connectivity index (χ1v) is 6.70. The van der Waals surface area contributed by atoms with Gasteiger partial charge in [-0.05, 0) is 20.8 Å². The van der Waals surface area contributed by atoms with Crippen LogP contribution in [-0.2, 0) is 9.53 Å². The van der Waals surface area contributed by atoms with Crippen LogP contribution in [0.15, 0.2) is 0 Å². The molecule has 122 valence electrons. The molecule has 0 bridgehead atoms. The zero-order valence-electron chi connectivity index (χ0n) is 12.8. The molecule has 0 aliphatic carbocycles. The van der Waals surface area contributed by atoms with Crippen LogP contribution in [0.2, 0.25) is 0 Å². The molecule has 2 atom stereocenters. The normalized spacial score (nSPS) is 21.1. The Hall–Kier alpha value is -0.0700. The van der Waals surface area contributed by atoms with Crippen molar-refractivity contribution in [1.29, 1.82) is 0 Å². The Balaban J connectivity index is 0.